The van der Waals surface area contributed by atoms with Crippen LogP contribution in [0.2, 0.25) is 0 Å². The van der Waals surface area contributed by atoms with Crippen LogP contribution in [0.5, 0.6) is 5.75 Å². The van der Waals surface area contributed by atoms with Gasteiger partial charge in [0.2, 0.25) is 0 Å². The molecule has 0 saturated carbocycles. The Labute approximate surface area is 131 Å². The van der Waals surface area contributed by atoms with Crippen LogP contribution >= 0.6 is 15.9 Å². The van der Waals surface area contributed by atoms with Gasteiger partial charge >= 0.3 is 5.97 Å². The van der Waals surface area contributed by atoms with E-state index in [9.17, 15) is 4.79 Å². The van der Waals surface area contributed by atoms with Gasteiger partial charge in [0.1, 0.15) is 5.75 Å². The Bertz CT molecular complexity index is 641. The molecular formula is C16H14BrNO3. The number of aromatic nitrogens is 1. The number of hydrogen-bond acceptors (Lipinski definition) is 3. The van der Waals surface area contributed by atoms with Gasteiger partial charge in [0, 0.05) is 29.4 Å². The molecule has 0 aliphatic carbocycles. The number of ether oxygens (including phenoxy) is 1. The van der Waals surface area contributed by atoms with Crippen LogP contribution in [-0.2, 0) is 11.2 Å². The monoisotopic (exact) mass is 347 g/mol. The number of carboxylic acid groups (broad SMARTS) is 1. The lowest BCUT2D eigenvalue weighted by Gasteiger charge is -2.08. The van der Waals surface area contributed by atoms with Gasteiger partial charge in [-0.3, -0.25) is 4.98 Å². The SMILES string of the molecule is O=C(O)/C=C/c1cc(OCCc2ccncc2)ccc1Br. The normalized spacial score (nSPS) is 10.7. The molecule has 0 amide bonds. The van der Waals surface area contributed by atoms with E-state index < -0.39 is 5.97 Å². The maximum atomic E-state index is 10.6. The smallest absolute Gasteiger partial charge is 0.328 e. The van der Waals surface area contributed by atoms with Gasteiger partial charge < -0.3 is 9.84 Å². The standard InChI is InChI=1S/C16H14BrNO3/c17-15-3-2-14(11-13(15)1-4-16(19)20)21-10-7-12-5-8-18-9-6-12/h1-6,8-9,11H,7,10H2,(H,19,20)/b4-1+. The van der Waals surface area contributed by atoms with Gasteiger partial charge in [0.25, 0.3) is 0 Å². The minimum atomic E-state index is -0.981. The highest BCUT2D eigenvalue weighted by Crippen LogP contribution is 2.24. The third-order valence-corrected chi connectivity index (χ3v) is 3.50. The molecule has 5 heteroatoms. The summed E-state index contributed by atoms with van der Waals surface area (Å²) in [6.45, 7) is 0.549. The minimum absolute atomic E-state index is 0.549. The Morgan fingerprint density at radius 1 is 1.29 bits per heavy atom. The summed E-state index contributed by atoms with van der Waals surface area (Å²) in [6, 6.07) is 9.38. The molecule has 0 atom stereocenters. The van der Waals surface area contributed by atoms with Crippen molar-refractivity contribution in [3.63, 3.8) is 0 Å². The number of halogens is 1. The highest BCUT2D eigenvalue weighted by atomic mass is 79.9. The number of hydrogen-bond donors (Lipinski definition) is 1. The molecule has 2 rings (SSSR count). The topological polar surface area (TPSA) is 59.4 Å². The summed E-state index contributed by atoms with van der Waals surface area (Å²) in [5.41, 5.74) is 1.92. The molecule has 0 fully saturated rings. The zero-order valence-corrected chi connectivity index (χ0v) is 12.8. The number of pyridine rings is 1. The van der Waals surface area contributed by atoms with Crippen molar-refractivity contribution in [1.82, 2.24) is 4.98 Å². The quantitative estimate of drug-likeness (QED) is 0.811. The van der Waals surface area contributed by atoms with Crippen molar-refractivity contribution in [2.24, 2.45) is 0 Å². The van der Waals surface area contributed by atoms with E-state index in [4.69, 9.17) is 9.84 Å². The fraction of sp³-hybridized carbons (Fsp3) is 0.125. The number of carboxylic acids is 1. The van der Waals surface area contributed by atoms with Crippen LogP contribution < -0.4 is 4.74 Å². The van der Waals surface area contributed by atoms with Crippen molar-refractivity contribution in [1.29, 1.82) is 0 Å². The summed E-state index contributed by atoms with van der Waals surface area (Å²) in [4.78, 5) is 14.5. The fourth-order valence-electron chi connectivity index (χ4n) is 1.74. The van der Waals surface area contributed by atoms with Crippen LogP contribution in [0.25, 0.3) is 6.08 Å². The van der Waals surface area contributed by atoms with Crippen molar-refractivity contribution in [2.75, 3.05) is 6.61 Å². The van der Waals surface area contributed by atoms with E-state index in [-0.39, 0.29) is 0 Å². The average Bonchev–Trinajstić information content (AvgIpc) is 2.48. The maximum absolute atomic E-state index is 10.6. The van der Waals surface area contributed by atoms with Crippen LogP contribution in [0, 0.1) is 0 Å². The van der Waals surface area contributed by atoms with Gasteiger partial charge in [-0.05, 0) is 47.5 Å². The number of aliphatic carboxylic acids is 1. The molecule has 1 aromatic carbocycles. The largest absolute Gasteiger partial charge is 0.493 e. The first-order valence-electron chi connectivity index (χ1n) is 6.37. The fourth-order valence-corrected chi connectivity index (χ4v) is 2.12. The van der Waals surface area contributed by atoms with Crippen molar-refractivity contribution < 1.29 is 14.6 Å². The van der Waals surface area contributed by atoms with Gasteiger partial charge in [-0.15, -0.1) is 0 Å². The zero-order valence-electron chi connectivity index (χ0n) is 11.2. The van der Waals surface area contributed by atoms with Gasteiger partial charge in [-0.2, -0.15) is 0 Å². The summed E-state index contributed by atoms with van der Waals surface area (Å²) in [5.74, 6) is -0.275. The van der Waals surface area contributed by atoms with E-state index in [1.165, 1.54) is 6.08 Å². The molecule has 21 heavy (non-hydrogen) atoms. The van der Waals surface area contributed by atoms with E-state index >= 15 is 0 Å². The first-order chi connectivity index (χ1) is 10.1. The summed E-state index contributed by atoms with van der Waals surface area (Å²) in [7, 11) is 0. The third-order valence-electron chi connectivity index (χ3n) is 2.78. The lowest BCUT2D eigenvalue weighted by Crippen LogP contribution is -2.01. The van der Waals surface area contributed by atoms with E-state index in [1.807, 2.05) is 24.3 Å². The van der Waals surface area contributed by atoms with Crippen molar-refractivity contribution in [3.8, 4) is 5.75 Å². The Morgan fingerprint density at radius 3 is 2.76 bits per heavy atom. The molecule has 108 valence electrons. The molecule has 0 unspecified atom stereocenters. The summed E-state index contributed by atoms with van der Waals surface area (Å²) < 4.78 is 6.51. The summed E-state index contributed by atoms with van der Waals surface area (Å²) in [5, 5.41) is 8.66. The Hall–Kier alpha value is -2.14. The second-order valence-electron chi connectivity index (χ2n) is 4.31. The maximum Gasteiger partial charge on any atom is 0.328 e. The van der Waals surface area contributed by atoms with Gasteiger partial charge in [-0.25, -0.2) is 4.79 Å². The molecule has 4 nitrogen and oxygen atoms in total. The summed E-state index contributed by atoms with van der Waals surface area (Å²) in [6.07, 6.45) is 6.93. The van der Waals surface area contributed by atoms with Crippen LogP contribution in [0.3, 0.4) is 0 Å². The minimum Gasteiger partial charge on any atom is -0.493 e. The van der Waals surface area contributed by atoms with E-state index in [2.05, 4.69) is 20.9 Å². The Kier molecular flexibility index (Phi) is 5.51. The van der Waals surface area contributed by atoms with Gasteiger partial charge in [0.15, 0.2) is 0 Å². The lowest BCUT2D eigenvalue weighted by atomic mass is 10.2. The van der Waals surface area contributed by atoms with Crippen LogP contribution in [0.1, 0.15) is 11.1 Å². The van der Waals surface area contributed by atoms with Crippen molar-refractivity contribution in [2.45, 2.75) is 6.42 Å². The van der Waals surface area contributed by atoms with Crippen molar-refractivity contribution in [3.05, 3.63) is 64.4 Å². The summed E-state index contributed by atoms with van der Waals surface area (Å²) >= 11 is 3.38. The predicted molar refractivity (Wildman–Crippen MR) is 84.2 cm³/mol. The second kappa shape index (κ2) is 7.59. The Morgan fingerprint density at radius 2 is 2.05 bits per heavy atom. The number of carbonyl (C=O) groups is 1. The molecule has 1 heterocycles. The first kappa shape index (κ1) is 15.3. The zero-order chi connectivity index (χ0) is 15.1. The van der Waals surface area contributed by atoms with Crippen LogP contribution in [-0.4, -0.2) is 22.7 Å². The van der Waals surface area contributed by atoms with Crippen LogP contribution in [0.15, 0.2) is 53.3 Å². The van der Waals surface area contributed by atoms with E-state index in [0.29, 0.717) is 12.4 Å². The Balaban J connectivity index is 1.97. The molecule has 1 N–H and O–H groups in total. The average molecular weight is 348 g/mol. The highest BCUT2D eigenvalue weighted by Gasteiger charge is 2.01. The number of rotatable bonds is 6. The van der Waals surface area contributed by atoms with Crippen molar-refractivity contribution >= 4 is 28.0 Å². The number of benzene rings is 1. The first-order valence-corrected chi connectivity index (χ1v) is 7.17. The van der Waals surface area contributed by atoms with E-state index in [0.717, 1.165) is 28.1 Å². The van der Waals surface area contributed by atoms with Crippen LogP contribution in [0.4, 0.5) is 0 Å². The number of nitrogens with zero attached hydrogens (tertiary/aromatic N) is 1. The molecule has 0 saturated heterocycles. The molecule has 1 aromatic heterocycles. The second-order valence-corrected chi connectivity index (χ2v) is 5.16. The van der Waals surface area contributed by atoms with E-state index in [1.54, 1.807) is 18.5 Å². The third kappa shape index (κ3) is 5.04. The molecule has 2 aromatic rings. The molecular weight excluding hydrogens is 334 g/mol. The molecule has 0 aliphatic rings. The predicted octanol–water partition coefficient (Wildman–Crippen LogP) is 3.56. The highest BCUT2D eigenvalue weighted by molar-refractivity contribution is 9.10. The molecule has 0 radical (unpaired) electrons. The lowest BCUT2D eigenvalue weighted by molar-refractivity contribution is -0.131. The molecule has 0 spiro atoms. The molecule has 0 bridgehead atoms. The molecule has 0 aliphatic heterocycles. The van der Waals surface area contributed by atoms with Gasteiger partial charge in [0.05, 0.1) is 6.61 Å². The van der Waals surface area contributed by atoms with Gasteiger partial charge in [-0.1, -0.05) is 15.9 Å².